The van der Waals surface area contributed by atoms with E-state index in [0.29, 0.717) is 19.3 Å². The van der Waals surface area contributed by atoms with Gasteiger partial charge in [0, 0.05) is 19.3 Å². The Morgan fingerprint density at radius 1 is 0.362 bits per heavy atom. The van der Waals surface area contributed by atoms with Gasteiger partial charge >= 0.3 is 17.9 Å². The van der Waals surface area contributed by atoms with Crippen molar-refractivity contribution in [3.8, 4) is 0 Å². The van der Waals surface area contributed by atoms with Crippen LogP contribution in [0, 0.1) is 11.8 Å². The van der Waals surface area contributed by atoms with Crippen molar-refractivity contribution < 1.29 is 28.6 Å². The van der Waals surface area contributed by atoms with Gasteiger partial charge in [0.05, 0.1) is 0 Å². The summed E-state index contributed by atoms with van der Waals surface area (Å²) in [4.78, 5) is 37.9. The molecular formula is C52H100O6. The quantitative estimate of drug-likeness (QED) is 0.0346. The van der Waals surface area contributed by atoms with Gasteiger partial charge in [0.15, 0.2) is 6.10 Å². The highest BCUT2D eigenvalue weighted by Crippen LogP contribution is 2.18. The highest BCUT2D eigenvalue weighted by atomic mass is 16.6. The molecule has 0 fully saturated rings. The second-order valence-electron chi connectivity index (χ2n) is 18.5. The van der Waals surface area contributed by atoms with Crippen LogP contribution in [0.1, 0.15) is 285 Å². The van der Waals surface area contributed by atoms with E-state index >= 15 is 0 Å². The fourth-order valence-electron chi connectivity index (χ4n) is 7.78. The number of esters is 3. The fourth-order valence-corrected chi connectivity index (χ4v) is 7.78. The van der Waals surface area contributed by atoms with Crippen molar-refractivity contribution >= 4 is 17.9 Å². The average molecular weight is 821 g/mol. The molecule has 58 heavy (non-hydrogen) atoms. The van der Waals surface area contributed by atoms with Gasteiger partial charge in [0.25, 0.3) is 0 Å². The molecule has 0 N–H and O–H groups in total. The van der Waals surface area contributed by atoms with E-state index in [4.69, 9.17) is 14.2 Å². The first-order valence-corrected chi connectivity index (χ1v) is 25.8. The second kappa shape index (κ2) is 44.9. The molecule has 6 heteroatoms. The summed E-state index contributed by atoms with van der Waals surface area (Å²) in [6, 6.07) is 0. The molecule has 344 valence electrons. The van der Waals surface area contributed by atoms with Crippen LogP contribution >= 0.6 is 0 Å². The molecule has 0 amide bonds. The predicted octanol–water partition coefficient (Wildman–Crippen LogP) is 16.5. The zero-order valence-corrected chi connectivity index (χ0v) is 39.7. The Morgan fingerprint density at radius 2 is 0.655 bits per heavy atom. The van der Waals surface area contributed by atoms with E-state index in [2.05, 4.69) is 34.6 Å². The van der Waals surface area contributed by atoms with Crippen LogP contribution in [0.2, 0.25) is 0 Å². The van der Waals surface area contributed by atoms with Crippen molar-refractivity contribution in [2.45, 2.75) is 291 Å². The van der Waals surface area contributed by atoms with E-state index in [-0.39, 0.29) is 31.1 Å². The number of ether oxygens (including phenoxy) is 3. The molecule has 0 aromatic carbocycles. The summed E-state index contributed by atoms with van der Waals surface area (Å²) in [6.45, 7) is 11.4. The molecule has 0 saturated heterocycles. The van der Waals surface area contributed by atoms with Gasteiger partial charge in [-0.2, -0.15) is 0 Å². The van der Waals surface area contributed by atoms with Crippen LogP contribution in [-0.4, -0.2) is 37.2 Å². The van der Waals surface area contributed by atoms with Gasteiger partial charge in [-0.1, -0.05) is 247 Å². The number of unbranched alkanes of at least 4 members (excludes halogenated alkanes) is 30. The van der Waals surface area contributed by atoms with E-state index in [1.165, 1.54) is 173 Å². The normalized spacial score (nSPS) is 12.5. The van der Waals surface area contributed by atoms with Crippen molar-refractivity contribution in [2.75, 3.05) is 13.2 Å². The van der Waals surface area contributed by atoms with Gasteiger partial charge in [-0.3, -0.25) is 14.4 Å². The molecule has 0 radical (unpaired) electrons. The van der Waals surface area contributed by atoms with Crippen LogP contribution in [0.15, 0.2) is 0 Å². The highest BCUT2D eigenvalue weighted by molar-refractivity contribution is 5.71. The smallest absolute Gasteiger partial charge is 0.306 e. The number of hydrogen-bond acceptors (Lipinski definition) is 6. The van der Waals surface area contributed by atoms with Crippen LogP contribution < -0.4 is 0 Å². The summed E-state index contributed by atoms with van der Waals surface area (Å²) in [7, 11) is 0. The molecule has 0 saturated carbocycles. The molecule has 6 nitrogen and oxygen atoms in total. The van der Waals surface area contributed by atoms with E-state index in [1.54, 1.807) is 0 Å². The maximum absolute atomic E-state index is 12.7. The largest absolute Gasteiger partial charge is 0.462 e. The van der Waals surface area contributed by atoms with Gasteiger partial charge < -0.3 is 14.2 Å². The Labute approximate surface area is 361 Å². The van der Waals surface area contributed by atoms with Crippen LogP contribution in [0.3, 0.4) is 0 Å². The van der Waals surface area contributed by atoms with Gasteiger partial charge in [-0.05, 0) is 31.1 Å². The van der Waals surface area contributed by atoms with Gasteiger partial charge in [0.2, 0.25) is 0 Å². The molecule has 0 aliphatic carbocycles. The number of carbonyl (C=O) groups is 3. The molecule has 0 rings (SSSR count). The van der Waals surface area contributed by atoms with Gasteiger partial charge in [0.1, 0.15) is 13.2 Å². The molecule has 0 spiro atoms. The first kappa shape index (κ1) is 56.4. The van der Waals surface area contributed by atoms with E-state index in [0.717, 1.165) is 69.6 Å². The first-order valence-electron chi connectivity index (χ1n) is 25.8. The van der Waals surface area contributed by atoms with Crippen LogP contribution in [0.5, 0.6) is 0 Å². The summed E-state index contributed by atoms with van der Waals surface area (Å²) in [6.07, 6.45) is 45.2. The molecule has 0 aromatic rings. The lowest BCUT2D eigenvalue weighted by Gasteiger charge is -2.18. The Bertz CT molecular complexity index is 887. The summed E-state index contributed by atoms with van der Waals surface area (Å²) >= 11 is 0. The van der Waals surface area contributed by atoms with E-state index in [9.17, 15) is 14.4 Å². The number of hydrogen-bond donors (Lipinski definition) is 0. The van der Waals surface area contributed by atoms with Crippen molar-refractivity contribution in [1.29, 1.82) is 0 Å². The third kappa shape index (κ3) is 44.0. The van der Waals surface area contributed by atoms with Gasteiger partial charge in [-0.15, -0.1) is 0 Å². The summed E-state index contributed by atoms with van der Waals surface area (Å²) in [5.74, 6) is 0.822. The third-order valence-electron chi connectivity index (χ3n) is 12.1. The van der Waals surface area contributed by atoms with Crippen molar-refractivity contribution in [1.82, 2.24) is 0 Å². The minimum Gasteiger partial charge on any atom is -0.462 e. The molecule has 1 unspecified atom stereocenters. The second-order valence-corrected chi connectivity index (χ2v) is 18.5. The Balaban J connectivity index is 4.25. The maximum Gasteiger partial charge on any atom is 0.306 e. The monoisotopic (exact) mass is 821 g/mol. The standard InChI is InChI=1S/C52H100O6/c1-6-8-9-10-11-12-13-19-22-27-32-37-42-50(53)56-45-49(58-52(55)44-39-34-29-24-25-30-35-40-47(3)4)46-57-51(54)43-38-33-28-23-20-17-15-14-16-18-21-26-31-36-41-48(5)7-2/h47-49H,6-46H2,1-5H3/t48?,49-/m0/s1. The molecule has 0 bridgehead atoms. The number of carbonyl (C=O) groups excluding carboxylic acids is 3. The third-order valence-corrected chi connectivity index (χ3v) is 12.1. The zero-order valence-electron chi connectivity index (χ0n) is 39.7. The van der Waals surface area contributed by atoms with Crippen molar-refractivity contribution in [3.05, 3.63) is 0 Å². The summed E-state index contributed by atoms with van der Waals surface area (Å²) in [5, 5.41) is 0. The van der Waals surface area contributed by atoms with E-state index < -0.39 is 6.10 Å². The number of rotatable bonds is 46. The minimum absolute atomic E-state index is 0.0644. The highest BCUT2D eigenvalue weighted by Gasteiger charge is 2.19. The SMILES string of the molecule is CCCCCCCCCCCCCCC(=O)OC[C@@H](COC(=O)CCCCCCCCCCCCCCCCC(C)CC)OC(=O)CCCCCCCCCC(C)C. The van der Waals surface area contributed by atoms with E-state index in [1.807, 2.05) is 0 Å². The lowest BCUT2D eigenvalue weighted by atomic mass is 9.99. The molecule has 0 aromatic heterocycles. The van der Waals surface area contributed by atoms with Crippen molar-refractivity contribution in [2.24, 2.45) is 11.8 Å². The molecule has 0 aliphatic rings. The molecule has 0 aliphatic heterocycles. The van der Waals surface area contributed by atoms with Crippen molar-refractivity contribution in [3.63, 3.8) is 0 Å². The lowest BCUT2D eigenvalue weighted by Crippen LogP contribution is -2.30. The van der Waals surface area contributed by atoms with Gasteiger partial charge in [-0.25, -0.2) is 0 Å². The minimum atomic E-state index is -0.761. The van der Waals surface area contributed by atoms with Crippen LogP contribution in [0.4, 0.5) is 0 Å². The summed E-state index contributed by atoms with van der Waals surface area (Å²) < 4.78 is 16.8. The Morgan fingerprint density at radius 3 is 0.983 bits per heavy atom. The average Bonchev–Trinajstić information content (AvgIpc) is 3.21. The Hall–Kier alpha value is -1.59. The topological polar surface area (TPSA) is 78.9 Å². The predicted molar refractivity (Wildman–Crippen MR) is 247 cm³/mol. The summed E-state index contributed by atoms with van der Waals surface area (Å²) in [5.41, 5.74) is 0. The first-order chi connectivity index (χ1) is 28.3. The lowest BCUT2D eigenvalue weighted by molar-refractivity contribution is -0.167. The zero-order chi connectivity index (χ0) is 42.6. The molecule has 0 heterocycles. The molecule has 2 atom stereocenters. The molecular weight excluding hydrogens is 721 g/mol. The van der Waals surface area contributed by atoms with Crippen LogP contribution in [-0.2, 0) is 28.6 Å². The fraction of sp³-hybridized carbons (Fsp3) is 0.942. The maximum atomic E-state index is 12.7. The Kier molecular flexibility index (Phi) is 43.7. The van der Waals surface area contributed by atoms with Crippen LogP contribution in [0.25, 0.3) is 0 Å².